The van der Waals surface area contributed by atoms with Crippen molar-refractivity contribution in [3.8, 4) is 0 Å². The Balaban J connectivity index is 1.85. The van der Waals surface area contributed by atoms with Crippen LogP contribution in [0.2, 0.25) is 0 Å². The van der Waals surface area contributed by atoms with Crippen molar-refractivity contribution in [2.24, 2.45) is 0 Å². The fourth-order valence-corrected chi connectivity index (χ4v) is 2.77. The maximum absolute atomic E-state index is 5.81. The molecule has 0 amide bonds. The van der Waals surface area contributed by atoms with Gasteiger partial charge in [-0.15, -0.1) is 11.8 Å². The van der Waals surface area contributed by atoms with E-state index in [1.54, 1.807) is 0 Å². The molecule has 2 nitrogen and oxygen atoms in total. The molecule has 1 heterocycles. The average Bonchev–Trinajstić information content (AvgIpc) is 2.86. The molecule has 1 N–H and O–H groups in total. The van der Waals surface area contributed by atoms with Crippen molar-refractivity contribution in [1.82, 2.24) is 5.32 Å². The summed E-state index contributed by atoms with van der Waals surface area (Å²) in [7, 11) is 0. The first kappa shape index (κ1) is 14.2. The van der Waals surface area contributed by atoms with Crippen molar-refractivity contribution in [1.29, 1.82) is 0 Å². The lowest BCUT2D eigenvalue weighted by atomic mass is 10.2. The average molecular weight is 275 g/mol. The molecule has 1 aromatic heterocycles. The normalized spacial score (nSPS) is 10.8. The van der Waals surface area contributed by atoms with Crippen LogP contribution in [0.1, 0.15) is 30.4 Å². The highest BCUT2D eigenvalue weighted by Gasteiger charge is 2.04. The van der Waals surface area contributed by atoms with E-state index in [9.17, 15) is 0 Å². The lowest BCUT2D eigenvalue weighted by Crippen LogP contribution is -2.12. The molecule has 0 fully saturated rings. The number of hydrogen-bond acceptors (Lipinski definition) is 3. The van der Waals surface area contributed by atoms with E-state index < -0.39 is 0 Å². The van der Waals surface area contributed by atoms with E-state index in [0.717, 1.165) is 36.8 Å². The molecule has 102 valence electrons. The first-order chi connectivity index (χ1) is 9.29. The molecule has 0 radical (unpaired) electrons. The second kappa shape index (κ2) is 7.41. The van der Waals surface area contributed by atoms with Crippen LogP contribution in [0.5, 0.6) is 0 Å². The van der Waals surface area contributed by atoms with Crippen LogP contribution in [0.25, 0.3) is 0 Å². The van der Waals surface area contributed by atoms with Gasteiger partial charge in [0, 0.05) is 4.90 Å². The van der Waals surface area contributed by atoms with E-state index >= 15 is 0 Å². The molecule has 0 aliphatic heterocycles. The third-order valence-electron chi connectivity index (χ3n) is 2.91. The number of nitrogens with one attached hydrogen (secondary N) is 1. The van der Waals surface area contributed by atoms with Crippen LogP contribution >= 0.6 is 11.8 Å². The Hall–Kier alpha value is -1.19. The summed E-state index contributed by atoms with van der Waals surface area (Å²) in [5, 5.41) is 3.35. The fraction of sp³-hybridized carbons (Fsp3) is 0.375. The summed E-state index contributed by atoms with van der Waals surface area (Å²) < 4.78 is 5.81. The van der Waals surface area contributed by atoms with E-state index in [2.05, 4.69) is 55.6 Å². The highest BCUT2D eigenvalue weighted by molar-refractivity contribution is 7.98. The van der Waals surface area contributed by atoms with E-state index in [-0.39, 0.29) is 0 Å². The number of aryl methyl sites for hydroxylation is 1. The zero-order valence-corrected chi connectivity index (χ0v) is 12.4. The van der Waals surface area contributed by atoms with Gasteiger partial charge in [-0.1, -0.05) is 25.1 Å². The molecule has 0 spiro atoms. The van der Waals surface area contributed by atoms with Crippen molar-refractivity contribution in [3.63, 3.8) is 0 Å². The van der Waals surface area contributed by atoms with Crippen LogP contribution in [0, 0.1) is 6.92 Å². The molecule has 0 bridgehead atoms. The predicted molar refractivity (Wildman–Crippen MR) is 81.4 cm³/mol. The lowest BCUT2D eigenvalue weighted by Gasteiger charge is -2.03. The maximum Gasteiger partial charge on any atom is 0.118 e. The van der Waals surface area contributed by atoms with Gasteiger partial charge in [0.1, 0.15) is 11.5 Å². The summed E-state index contributed by atoms with van der Waals surface area (Å²) >= 11 is 1.83. The number of thioether (sulfide) groups is 1. The van der Waals surface area contributed by atoms with Crippen LogP contribution in [-0.2, 0) is 12.3 Å². The SMILES string of the molecule is CCCNCc1ccc(CSc2ccccc2C)o1. The Labute approximate surface area is 119 Å². The Morgan fingerprint density at radius 2 is 1.89 bits per heavy atom. The zero-order chi connectivity index (χ0) is 13.5. The Morgan fingerprint density at radius 3 is 2.68 bits per heavy atom. The minimum atomic E-state index is 0.822. The van der Waals surface area contributed by atoms with Gasteiger partial charge in [-0.05, 0) is 43.7 Å². The van der Waals surface area contributed by atoms with Crippen LogP contribution < -0.4 is 5.32 Å². The fourth-order valence-electron chi connectivity index (χ4n) is 1.85. The molecule has 1 aromatic carbocycles. The highest BCUT2D eigenvalue weighted by atomic mass is 32.2. The maximum atomic E-state index is 5.81. The zero-order valence-electron chi connectivity index (χ0n) is 11.6. The topological polar surface area (TPSA) is 25.2 Å². The van der Waals surface area contributed by atoms with Gasteiger partial charge in [0.2, 0.25) is 0 Å². The standard InChI is InChI=1S/C16H21NOS/c1-3-10-17-11-14-8-9-15(18-14)12-19-16-7-5-4-6-13(16)2/h4-9,17H,3,10-12H2,1-2H3. The van der Waals surface area contributed by atoms with Gasteiger partial charge in [-0.3, -0.25) is 0 Å². The van der Waals surface area contributed by atoms with Crippen molar-refractivity contribution < 1.29 is 4.42 Å². The van der Waals surface area contributed by atoms with E-state index in [0.29, 0.717) is 0 Å². The predicted octanol–water partition coefficient (Wildman–Crippen LogP) is 4.38. The third-order valence-corrected chi connectivity index (χ3v) is 4.10. The molecular weight excluding hydrogens is 254 g/mol. The monoisotopic (exact) mass is 275 g/mol. The Morgan fingerprint density at radius 1 is 1.11 bits per heavy atom. The third kappa shape index (κ3) is 4.44. The molecule has 0 atom stereocenters. The number of hydrogen-bond donors (Lipinski definition) is 1. The lowest BCUT2D eigenvalue weighted by molar-refractivity contribution is 0.459. The summed E-state index contributed by atoms with van der Waals surface area (Å²) in [6.45, 7) is 6.17. The minimum Gasteiger partial charge on any atom is -0.464 e. The van der Waals surface area contributed by atoms with Gasteiger partial charge in [0.15, 0.2) is 0 Å². The van der Waals surface area contributed by atoms with Crippen LogP contribution in [-0.4, -0.2) is 6.54 Å². The van der Waals surface area contributed by atoms with Gasteiger partial charge in [0.25, 0.3) is 0 Å². The van der Waals surface area contributed by atoms with E-state index in [1.807, 2.05) is 11.8 Å². The number of furan rings is 1. The molecular formula is C16H21NOS. The van der Waals surface area contributed by atoms with Crippen molar-refractivity contribution >= 4 is 11.8 Å². The minimum absolute atomic E-state index is 0.822. The van der Waals surface area contributed by atoms with Crippen molar-refractivity contribution in [2.45, 2.75) is 37.5 Å². The Kier molecular flexibility index (Phi) is 5.55. The smallest absolute Gasteiger partial charge is 0.118 e. The first-order valence-electron chi connectivity index (χ1n) is 6.76. The van der Waals surface area contributed by atoms with Crippen LogP contribution in [0.4, 0.5) is 0 Å². The molecule has 0 unspecified atom stereocenters. The summed E-state index contributed by atoms with van der Waals surface area (Å²) in [5.41, 5.74) is 1.32. The molecule has 0 aliphatic carbocycles. The van der Waals surface area contributed by atoms with Crippen molar-refractivity contribution in [3.05, 3.63) is 53.5 Å². The molecule has 19 heavy (non-hydrogen) atoms. The van der Waals surface area contributed by atoms with Gasteiger partial charge in [0.05, 0.1) is 12.3 Å². The summed E-state index contributed by atoms with van der Waals surface area (Å²) in [5.74, 6) is 2.95. The van der Waals surface area contributed by atoms with E-state index in [1.165, 1.54) is 10.5 Å². The van der Waals surface area contributed by atoms with Gasteiger partial charge in [-0.25, -0.2) is 0 Å². The molecule has 3 heteroatoms. The Bertz CT molecular complexity index is 507. The van der Waals surface area contributed by atoms with E-state index in [4.69, 9.17) is 4.42 Å². The van der Waals surface area contributed by atoms with Crippen LogP contribution in [0.3, 0.4) is 0 Å². The second-order valence-electron chi connectivity index (χ2n) is 4.60. The van der Waals surface area contributed by atoms with Crippen LogP contribution in [0.15, 0.2) is 45.7 Å². The van der Waals surface area contributed by atoms with Gasteiger partial charge >= 0.3 is 0 Å². The molecule has 0 saturated heterocycles. The summed E-state index contributed by atoms with van der Waals surface area (Å²) in [4.78, 5) is 1.32. The number of benzene rings is 1. The molecule has 0 saturated carbocycles. The number of rotatable bonds is 7. The first-order valence-corrected chi connectivity index (χ1v) is 7.75. The van der Waals surface area contributed by atoms with Crippen molar-refractivity contribution in [2.75, 3.05) is 6.54 Å². The van der Waals surface area contributed by atoms with Gasteiger partial charge < -0.3 is 9.73 Å². The summed E-state index contributed by atoms with van der Waals surface area (Å²) in [6.07, 6.45) is 1.15. The molecule has 2 aromatic rings. The molecule has 0 aliphatic rings. The highest BCUT2D eigenvalue weighted by Crippen LogP contribution is 2.26. The largest absolute Gasteiger partial charge is 0.464 e. The molecule has 2 rings (SSSR count). The quantitative estimate of drug-likeness (QED) is 0.599. The second-order valence-corrected chi connectivity index (χ2v) is 5.62. The van der Waals surface area contributed by atoms with Gasteiger partial charge in [-0.2, -0.15) is 0 Å². The summed E-state index contributed by atoms with van der Waals surface area (Å²) in [6, 6.07) is 12.6.